The predicted octanol–water partition coefficient (Wildman–Crippen LogP) is 5.05. The van der Waals surface area contributed by atoms with Crippen molar-refractivity contribution in [1.82, 2.24) is 0 Å². The molecular formula is C16H16Cl2. The summed E-state index contributed by atoms with van der Waals surface area (Å²) in [5.41, 5.74) is 2.58. The average Bonchev–Trinajstić information content (AvgIpc) is 2.46. The molecule has 0 N–H and O–H groups in total. The summed E-state index contributed by atoms with van der Waals surface area (Å²) in [7, 11) is 0. The summed E-state index contributed by atoms with van der Waals surface area (Å²) < 4.78 is 0. The number of hydrogen-bond donors (Lipinski definition) is 0. The molecule has 2 aromatic rings. The SMILES string of the molecule is ClCC(Cl)CC(c1ccccc1)c1ccccc1. The van der Waals surface area contributed by atoms with Gasteiger partial charge >= 0.3 is 0 Å². The second-order valence-electron chi connectivity index (χ2n) is 4.36. The third-order valence-corrected chi connectivity index (χ3v) is 3.93. The molecule has 0 aromatic heterocycles. The first-order valence-electron chi connectivity index (χ1n) is 6.11. The van der Waals surface area contributed by atoms with E-state index in [-0.39, 0.29) is 5.38 Å². The van der Waals surface area contributed by atoms with E-state index in [0.717, 1.165) is 6.42 Å². The van der Waals surface area contributed by atoms with Gasteiger partial charge in [0.2, 0.25) is 0 Å². The number of benzene rings is 2. The van der Waals surface area contributed by atoms with Crippen molar-refractivity contribution in [3.63, 3.8) is 0 Å². The van der Waals surface area contributed by atoms with Crippen LogP contribution in [-0.2, 0) is 0 Å². The van der Waals surface area contributed by atoms with Gasteiger partial charge in [-0.3, -0.25) is 0 Å². The topological polar surface area (TPSA) is 0 Å². The second-order valence-corrected chi connectivity index (χ2v) is 5.29. The zero-order chi connectivity index (χ0) is 12.8. The Kier molecular flexibility index (Phi) is 5.10. The largest absolute Gasteiger partial charge is 0.125 e. The lowest BCUT2D eigenvalue weighted by molar-refractivity contribution is 0.708. The van der Waals surface area contributed by atoms with Crippen molar-refractivity contribution < 1.29 is 0 Å². The van der Waals surface area contributed by atoms with Crippen LogP contribution >= 0.6 is 23.2 Å². The first kappa shape index (κ1) is 13.5. The summed E-state index contributed by atoms with van der Waals surface area (Å²) in [6, 6.07) is 20.9. The summed E-state index contributed by atoms with van der Waals surface area (Å²) in [5.74, 6) is 0.797. The van der Waals surface area contributed by atoms with E-state index in [1.54, 1.807) is 0 Å². The van der Waals surface area contributed by atoms with E-state index in [1.807, 2.05) is 12.1 Å². The fourth-order valence-electron chi connectivity index (χ4n) is 2.15. The number of rotatable bonds is 5. The van der Waals surface area contributed by atoms with Gasteiger partial charge in [-0.1, -0.05) is 60.7 Å². The molecule has 1 atom stereocenters. The number of halogens is 2. The molecule has 0 saturated heterocycles. The Balaban J connectivity index is 2.29. The second kappa shape index (κ2) is 6.82. The minimum absolute atomic E-state index is 0.00270. The molecule has 0 bridgehead atoms. The van der Waals surface area contributed by atoms with Crippen molar-refractivity contribution in [2.24, 2.45) is 0 Å². The van der Waals surface area contributed by atoms with Crippen molar-refractivity contribution in [3.8, 4) is 0 Å². The van der Waals surface area contributed by atoms with E-state index in [1.165, 1.54) is 11.1 Å². The Morgan fingerprint density at radius 3 is 1.61 bits per heavy atom. The summed E-state index contributed by atoms with van der Waals surface area (Å²) in [6.07, 6.45) is 0.860. The van der Waals surface area contributed by atoms with Crippen LogP contribution in [0.3, 0.4) is 0 Å². The molecule has 0 aliphatic heterocycles. The maximum atomic E-state index is 6.23. The van der Waals surface area contributed by atoms with Gasteiger partial charge in [0.25, 0.3) is 0 Å². The fraction of sp³-hybridized carbons (Fsp3) is 0.250. The Morgan fingerprint density at radius 1 is 0.778 bits per heavy atom. The molecule has 0 nitrogen and oxygen atoms in total. The summed E-state index contributed by atoms with van der Waals surface area (Å²) in [4.78, 5) is 0. The Labute approximate surface area is 119 Å². The van der Waals surface area contributed by atoms with Crippen molar-refractivity contribution in [3.05, 3.63) is 71.8 Å². The zero-order valence-corrected chi connectivity index (χ0v) is 11.6. The molecule has 0 spiro atoms. The van der Waals surface area contributed by atoms with Gasteiger partial charge in [-0.15, -0.1) is 23.2 Å². The maximum absolute atomic E-state index is 6.23. The molecule has 2 aromatic carbocycles. The van der Waals surface area contributed by atoms with Crippen LogP contribution in [0.25, 0.3) is 0 Å². The first-order valence-corrected chi connectivity index (χ1v) is 7.08. The van der Waals surface area contributed by atoms with Gasteiger partial charge in [-0.25, -0.2) is 0 Å². The van der Waals surface area contributed by atoms with Gasteiger partial charge in [0.05, 0.1) is 0 Å². The van der Waals surface area contributed by atoms with Gasteiger partial charge < -0.3 is 0 Å². The van der Waals surface area contributed by atoms with Crippen molar-refractivity contribution in [2.45, 2.75) is 17.7 Å². The minimum Gasteiger partial charge on any atom is -0.125 e. The van der Waals surface area contributed by atoms with Gasteiger partial charge in [0, 0.05) is 17.2 Å². The van der Waals surface area contributed by atoms with E-state index in [0.29, 0.717) is 11.8 Å². The molecule has 0 fully saturated rings. The van der Waals surface area contributed by atoms with E-state index in [2.05, 4.69) is 48.5 Å². The lowest BCUT2D eigenvalue weighted by Crippen LogP contribution is -2.10. The highest BCUT2D eigenvalue weighted by Gasteiger charge is 2.17. The van der Waals surface area contributed by atoms with Crippen LogP contribution in [0.4, 0.5) is 0 Å². The average molecular weight is 279 g/mol. The summed E-state index contributed by atoms with van der Waals surface area (Å²) >= 11 is 12.1. The van der Waals surface area contributed by atoms with Crippen molar-refractivity contribution in [1.29, 1.82) is 0 Å². The van der Waals surface area contributed by atoms with Crippen LogP contribution in [0.15, 0.2) is 60.7 Å². The van der Waals surface area contributed by atoms with E-state index < -0.39 is 0 Å². The Bertz CT molecular complexity index is 414. The monoisotopic (exact) mass is 278 g/mol. The zero-order valence-electron chi connectivity index (χ0n) is 10.1. The van der Waals surface area contributed by atoms with Gasteiger partial charge in [-0.2, -0.15) is 0 Å². The molecule has 94 valence electrons. The van der Waals surface area contributed by atoms with E-state index in [4.69, 9.17) is 23.2 Å². The van der Waals surface area contributed by atoms with Crippen LogP contribution in [0, 0.1) is 0 Å². The Hall–Kier alpha value is -0.980. The molecule has 2 rings (SSSR count). The first-order chi connectivity index (χ1) is 8.81. The fourth-order valence-corrected chi connectivity index (χ4v) is 2.46. The maximum Gasteiger partial charge on any atom is 0.0480 e. The highest BCUT2D eigenvalue weighted by Crippen LogP contribution is 2.30. The van der Waals surface area contributed by atoms with Crippen molar-refractivity contribution >= 4 is 23.2 Å². The summed E-state index contributed by atoms with van der Waals surface area (Å²) in [5, 5.41) is -0.00270. The van der Waals surface area contributed by atoms with Gasteiger partial charge in [0.1, 0.15) is 0 Å². The highest BCUT2D eigenvalue weighted by atomic mass is 35.5. The van der Waals surface area contributed by atoms with E-state index in [9.17, 15) is 0 Å². The third-order valence-electron chi connectivity index (χ3n) is 3.06. The normalized spacial score (nSPS) is 12.6. The molecule has 0 radical (unpaired) electrons. The smallest absolute Gasteiger partial charge is 0.0480 e. The van der Waals surface area contributed by atoms with Crippen LogP contribution in [-0.4, -0.2) is 11.3 Å². The standard InChI is InChI=1S/C16H16Cl2/c17-12-15(18)11-16(13-7-3-1-4-8-13)14-9-5-2-6-10-14/h1-10,15-16H,11-12H2. The molecule has 0 amide bonds. The quantitative estimate of drug-likeness (QED) is 0.671. The number of alkyl halides is 2. The molecule has 0 heterocycles. The molecule has 0 aliphatic rings. The molecule has 0 aliphatic carbocycles. The lowest BCUT2D eigenvalue weighted by atomic mass is 9.87. The molecule has 1 unspecified atom stereocenters. The van der Waals surface area contributed by atoms with Gasteiger partial charge in [0.15, 0.2) is 0 Å². The Morgan fingerprint density at radius 2 is 1.22 bits per heavy atom. The third kappa shape index (κ3) is 3.51. The van der Waals surface area contributed by atoms with Crippen LogP contribution in [0.1, 0.15) is 23.5 Å². The lowest BCUT2D eigenvalue weighted by Gasteiger charge is -2.20. The van der Waals surface area contributed by atoms with Crippen molar-refractivity contribution in [2.75, 3.05) is 5.88 Å². The highest BCUT2D eigenvalue weighted by molar-refractivity contribution is 6.28. The molecular weight excluding hydrogens is 263 g/mol. The molecule has 0 saturated carbocycles. The summed E-state index contributed by atoms with van der Waals surface area (Å²) in [6.45, 7) is 0. The van der Waals surface area contributed by atoms with E-state index >= 15 is 0 Å². The van der Waals surface area contributed by atoms with Crippen LogP contribution < -0.4 is 0 Å². The van der Waals surface area contributed by atoms with Crippen LogP contribution in [0.2, 0.25) is 0 Å². The predicted molar refractivity (Wildman–Crippen MR) is 79.7 cm³/mol. The minimum atomic E-state index is -0.00270. The number of hydrogen-bond acceptors (Lipinski definition) is 0. The van der Waals surface area contributed by atoms with Gasteiger partial charge in [-0.05, 0) is 17.5 Å². The molecule has 2 heteroatoms. The van der Waals surface area contributed by atoms with Crippen LogP contribution in [0.5, 0.6) is 0 Å². The molecule has 18 heavy (non-hydrogen) atoms.